The van der Waals surface area contributed by atoms with E-state index in [9.17, 15) is 14.3 Å². The van der Waals surface area contributed by atoms with Gasteiger partial charge in [-0.3, -0.25) is 13.8 Å². The zero-order chi connectivity index (χ0) is 37.4. The molecule has 0 aliphatic carbocycles. The Balaban J connectivity index is 4.17. The van der Waals surface area contributed by atoms with Crippen molar-refractivity contribution in [3.63, 3.8) is 0 Å². The number of carbonyl (C=O) groups excluding carboxylic acids is 1. The molecule has 0 aromatic rings. The van der Waals surface area contributed by atoms with Crippen LogP contribution in [-0.2, 0) is 27.9 Å². The van der Waals surface area contributed by atoms with E-state index in [0.717, 1.165) is 70.6 Å². The average Bonchev–Trinajstić information content (AvgIpc) is 3.12. The topological polar surface area (TPSA) is 117 Å². The van der Waals surface area contributed by atoms with Gasteiger partial charge in [-0.2, -0.15) is 0 Å². The maximum Gasteiger partial charge on any atom is 0.472 e. The molecule has 51 heavy (non-hydrogen) atoms. The number of nitrogens with two attached hydrogens (primary N) is 1. The number of hydrogen-bond donors (Lipinski definition) is 2. The standard InChI is InChI=1S/C42H74NO7P/c1-3-5-7-9-11-13-15-17-19-20-21-22-23-25-27-29-31-33-35-42(44)50-41(40-49-51(45,46)48-38-36-43)39-47-37-34-32-30-28-26-24-18-16-14-12-10-8-6-4-2/h6,8,12-15,18-20,24,28,30,41H,3-5,7,9-11,16-17,21-23,25-27,29,31-40,43H2,1-2H3,(H,45,46)/b8-6-,14-12-,15-13-,20-19-,24-18-,30-28-. The number of allylic oxidation sites excluding steroid dienone is 12. The van der Waals surface area contributed by atoms with Crippen molar-refractivity contribution in [1.29, 1.82) is 0 Å². The molecule has 0 amide bonds. The van der Waals surface area contributed by atoms with Crippen LogP contribution in [0, 0.1) is 0 Å². The second-order valence-electron chi connectivity index (χ2n) is 12.8. The number of phosphoric acid groups is 1. The number of phosphoric ester groups is 1. The molecular weight excluding hydrogens is 661 g/mol. The van der Waals surface area contributed by atoms with Crippen molar-refractivity contribution in [2.75, 3.05) is 33.0 Å². The van der Waals surface area contributed by atoms with Crippen molar-refractivity contribution >= 4 is 13.8 Å². The summed E-state index contributed by atoms with van der Waals surface area (Å²) in [6.45, 7) is 4.60. The molecule has 0 aromatic carbocycles. The fourth-order valence-electron chi connectivity index (χ4n) is 4.97. The Hall–Kier alpha value is -2.06. The first-order valence-corrected chi connectivity index (χ1v) is 21.4. The molecule has 9 heteroatoms. The summed E-state index contributed by atoms with van der Waals surface area (Å²) in [6, 6.07) is 0. The summed E-state index contributed by atoms with van der Waals surface area (Å²) >= 11 is 0. The smallest absolute Gasteiger partial charge is 0.457 e. The molecule has 8 nitrogen and oxygen atoms in total. The van der Waals surface area contributed by atoms with Crippen LogP contribution < -0.4 is 5.73 Å². The van der Waals surface area contributed by atoms with Gasteiger partial charge in [0.25, 0.3) is 0 Å². The molecule has 0 aliphatic heterocycles. The summed E-state index contributed by atoms with van der Waals surface area (Å²) in [5, 5.41) is 0. The molecule has 294 valence electrons. The van der Waals surface area contributed by atoms with Gasteiger partial charge in [-0.25, -0.2) is 4.57 Å². The van der Waals surface area contributed by atoms with Gasteiger partial charge >= 0.3 is 13.8 Å². The Kier molecular flexibility index (Phi) is 37.6. The molecule has 0 aliphatic rings. The van der Waals surface area contributed by atoms with Crippen molar-refractivity contribution < 1.29 is 32.8 Å². The number of hydrogen-bond acceptors (Lipinski definition) is 7. The number of unbranched alkanes of at least 4 members (excludes halogenated alkanes) is 12. The van der Waals surface area contributed by atoms with Crippen LogP contribution in [-0.4, -0.2) is 49.9 Å². The van der Waals surface area contributed by atoms with Crippen molar-refractivity contribution in [2.45, 2.75) is 155 Å². The summed E-state index contributed by atoms with van der Waals surface area (Å²) in [6.07, 6.45) is 47.8. The molecule has 2 atom stereocenters. The van der Waals surface area contributed by atoms with Gasteiger partial charge in [0.05, 0.1) is 19.8 Å². The van der Waals surface area contributed by atoms with E-state index in [1.54, 1.807) is 0 Å². The minimum absolute atomic E-state index is 0.0713. The quantitative estimate of drug-likeness (QED) is 0.0280. The lowest BCUT2D eigenvalue weighted by Crippen LogP contribution is -2.28. The van der Waals surface area contributed by atoms with Crippen LogP contribution in [0.5, 0.6) is 0 Å². The lowest BCUT2D eigenvalue weighted by Gasteiger charge is -2.20. The van der Waals surface area contributed by atoms with Gasteiger partial charge in [0.15, 0.2) is 0 Å². The minimum atomic E-state index is -4.29. The second kappa shape index (κ2) is 39.2. The van der Waals surface area contributed by atoms with Crippen LogP contribution >= 0.6 is 7.82 Å². The molecule has 0 bridgehead atoms. The summed E-state index contributed by atoms with van der Waals surface area (Å²) in [5.41, 5.74) is 5.35. The van der Waals surface area contributed by atoms with E-state index >= 15 is 0 Å². The third kappa shape index (κ3) is 39.0. The SMILES string of the molecule is CC/C=C\C/C=C\C/C=C\C/C=C\CCCOCC(COP(=O)(O)OCCN)OC(=O)CCCCCCCCC/C=C\C/C=C\CCCCCC. The van der Waals surface area contributed by atoms with Crippen LogP contribution in [0.4, 0.5) is 0 Å². The first kappa shape index (κ1) is 48.9. The van der Waals surface area contributed by atoms with Gasteiger partial charge in [-0.15, -0.1) is 0 Å². The molecule has 0 aromatic heterocycles. The van der Waals surface area contributed by atoms with Crippen LogP contribution in [0.15, 0.2) is 72.9 Å². The predicted molar refractivity (Wildman–Crippen MR) is 215 cm³/mol. The van der Waals surface area contributed by atoms with Gasteiger partial charge in [0.1, 0.15) is 6.10 Å². The fourth-order valence-corrected chi connectivity index (χ4v) is 5.74. The van der Waals surface area contributed by atoms with Crippen LogP contribution in [0.3, 0.4) is 0 Å². The monoisotopic (exact) mass is 736 g/mol. The normalized spacial score (nSPS) is 14.4. The Morgan fingerprint density at radius 2 is 1.10 bits per heavy atom. The minimum Gasteiger partial charge on any atom is -0.457 e. The second-order valence-corrected chi connectivity index (χ2v) is 14.2. The van der Waals surface area contributed by atoms with Gasteiger partial charge < -0.3 is 20.1 Å². The van der Waals surface area contributed by atoms with Crippen LogP contribution in [0.2, 0.25) is 0 Å². The lowest BCUT2D eigenvalue weighted by molar-refractivity contribution is -0.154. The Morgan fingerprint density at radius 1 is 0.608 bits per heavy atom. The van der Waals surface area contributed by atoms with E-state index in [1.807, 2.05) is 0 Å². The van der Waals surface area contributed by atoms with Gasteiger partial charge in [0, 0.05) is 19.6 Å². The lowest BCUT2D eigenvalue weighted by atomic mass is 10.1. The Bertz CT molecular complexity index is 1010. The number of ether oxygens (including phenoxy) is 2. The highest BCUT2D eigenvalue weighted by molar-refractivity contribution is 7.47. The van der Waals surface area contributed by atoms with Crippen molar-refractivity contribution in [1.82, 2.24) is 0 Å². The Morgan fingerprint density at radius 3 is 1.65 bits per heavy atom. The third-order valence-electron chi connectivity index (χ3n) is 7.86. The van der Waals surface area contributed by atoms with Crippen molar-refractivity contribution in [3.05, 3.63) is 72.9 Å². The Labute approximate surface area is 312 Å². The van der Waals surface area contributed by atoms with Gasteiger partial charge in [0.2, 0.25) is 0 Å². The molecule has 0 spiro atoms. The van der Waals surface area contributed by atoms with E-state index in [-0.39, 0.29) is 32.3 Å². The largest absolute Gasteiger partial charge is 0.472 e. The highest BCUT2D eigenvalue weighted by Gasteiger charge is 2.25. The molecule has 0 fully saturated rings. The van der Waals surface area contributed by atoms with E-state index in [1.165, 1.54) is 57.8 Å². The van der Waals surface area contributed by atoms with Gasteiger partial charge in [-0.05, 0) is 77.0 Å². The average molecular weight is 736 g/mol. The third-order valence-corrected chi connectivity index (χ3v) is 8.84. The molecule has 0 saturated heterocycles. The van der Waals surface area contributed by atoms with Crippen LogP contribution in [0.1, 0.15) is 149 Å². The van der Waals surface area contributed by atoms with E-state index < -0.39 is 13.9 Å². The summed E-state index contributed by atoms with van der Waals surface area (Å²) in [4.78, 5) is 22.4. The maximum atomic E-state index is 12.5. The zero-order valence-electron chi connectivity index (χ0n) is 32.3. The van der Waals surface area contributed by atoms with Crippen molar-refractivity contribution in [2.24, 2.45) is 5.73 Å². The van der Waals surface area contributed by atoms with E-state index in [4.69, 9.17) is 24.3 Å². The molecule has 0 saturated carbocycles. The molecule has 0 rings (SSSR count). The number of esters is 1. The first-order chi connectivity index (χ1) is 24.9. The zero-order valence-corrected chi connectivity index (χ0v) is 33.2. The number of carbonyl (C=O) groups is 1. The van der Waals surface area contributed by atoms with E-state index in [0.29, 0.717) is 13.0 Å². The molecule has 0 heterocycles. The highest BCUT2D eigenvalue weighted by atomic mass is 31.2. The van der Waals surface area contributed by atoms with Gasteiger partial charge in [-0.1, -0.05) is 138 Å². The highest BCUT2D eigenvalue weighted by Crippen LogP contribution is 2.43. The predicted octanol–water partition coefficient (Wildman–Crippen LogP) is 11.6. The summed E-state index contributed by atoms with van der Waals surface area (Å²) < 4.78 is 33.2. The van der Waals surface area contributed by atoms with E-state index in [2.05, 4.69) is 86.8 Å². The molecule has 2 unspecified atom stereocenters. The summed E-state index contributed by atoms with van der Waals surface area (Å²) in [5.74, 6) is -0.360. The van der Waals surface area contributed by atoms with Crippen LogP contribution in [0.25, 0.3) is 0 Å². The van der Waals surface area contributed by atoms with Crippen molar-refractivity contribution in [3.8, 4) is 0 Å². The fraction of sp³-hybridized carbons (Fsp3) is 0.690. The number of rotatable bonds is 37. The maximum absolute atomic E-state index is 12.5. The summed E-state index contributed by atoms with van der Waals surface area (Å²) in [7, 11) is -4.29. The molecular formula is C42H74NO7P. The first-order valence-electron chi connectivity index (χ1n) is 19.9. The molecule has 3 N–H and O–H groups in total. The molecule has 0 radical (unpaired) electrons.